The van der Waals surface area contributed by atoms with Crippen LogP contribution in [0.3, 0.4) is 0 Å². The van der Waals surface area contributed by atoms with Crippen molar-refractivity contribution in [3.63, 3.8) is 0 Å². The van der Waals surface area contributed by atoms with Gasteiger partial charge in [-0.1, -0.05) is 43.7 Å². The summed E-state index contributed by atoms with van der Waals surface area (Å²) in [6.07, 6.45) is -3.99. The van der Waals surface area contributed by atoms with E-state index in [1.54, 1.807) is 13.8 Å². The third kappa shape index (κ3) is 4.74. The Morgan fingerprint density at radius 2 is 1.84 bits per heavy atom. The molecule has 166 valence electrons. The van der Waals surface area contributed by atoms with Crippen LogP contribution in [0.1, 0.15) is 19.4 Å². The van der Waals surface area contributed by atoms with E-state index in [9.17, 15) is 31.1 Å². The van der Waals surface area contributed by atoms with Crippen LogP contribution in [0.5, 0.6) is 0 Å². The van der Waals surface area contributed by atoms with E-state index in [1.165, 1.54) is 18.2 Å². The van der Waals surface area contributed by atoms with Gasteiger partial charge in [-0.15, -0.1) is 0 Å². The van der Waals surface area contributed by atoms with E-state index in [2.05, 4.69) is 0 Å². The Kier molecular flexibility index (Phi) is 6.15. The molecular weight excluding hydrogens is 446 g/mol. The lowest BCUT2D eigenvalue weighted by Crippen LogP contribution is -2.12. The summed E-state index contributed by atoms with van der Waals surface area (Å²) >= 11 is 5.25. The predicted molar refractivity (Wildman–Crippen MR) is 102 cm³/mol. The second-order valence-electron chi connectivity index (χ2n) is 7.84. The van der Waals surface area contributed by atoms with E-state index in [0.717, 1.165) is 24.3 Å². The van der Waals surface area contributed by atoms with E-state index < -0.39 is 64.1 Å². The number of carbonyl (C=O) groups is 1. The van der Waals surface area contributed by atoms with Crippen LogP contribution in [0.2, 0.25) is 0 Å². The summed E-state index contributed by atoms with van der Waals surface area (Å²) in [6.45, 7) is 2.36. The van der Waals surface area contributed by atoms with Crippen molar-refractivity contribution >= 4 is 17.6 Å². The van der Waals surface area contributed by atoms with Crippen LogP contribution in [0, 0.1) is 34.7 Å². The molecule has 0 radical (unpaired) electrons. The summed E-state index contributed by atoms with van der Waals surface area (Å²) < 4.78 is 85.4. The van der Waals surface area contributed by atoms with Gasteiger partial charge in [-0.05, 0) is 41.2 Å². The second kappa shape index (κ2) is 8.22. The van der Waals surface area contributed by atoms with Crippen molar-refractivity contribution in [2.45, 2.75) is 26.6 Å². The highest BCUT2D eigenvalue weighted by Gasteiger charge is 2.62. The first-order valence-corrected chi connectivity index (χ1v) is 9.55. The summed E-state index contributed by atoms with van der Waals surface area (Å²) in [5.41, 5.74) is -1.32. The maximum Gasteiger partial charge on any atom is 0.426 e. The highest BCUT2D eigenvalue weighted by molar-refractivity contribution is 6.30. The molecule has 0 amide bonds. The Labute approximate surface area is 179 Å². The van der Waals surface area contributed by atoms with Crippen molar-refractivity contribution in [1.29, 1.82) is 0 Å². The average Bonchev–Trinajstić information content (AvgIpc) is 3.20. The molecule has 31 heavy (non-hydrogen) atoms. The number of halogens is 7. The molecule has 1 aliphatic rings. The standard InChI is InChI=1S/C22H17ClF6O2/c1-21(2)15(9-17(23)22(27,28)29)18(21)20(30)31-10-14-16(25)7-6-13(19(14)26)11-4-3-5-12(24)8-11/h3-9,15,18H,10H2,1-2H3/b17-9-/t15-,18-/m0/s1. The molecule has 1 fully saturated rings. The lowest BCUT2D eigenvalue weighted by molar-refractivity contribution is -0.147. The summed E-state index contributed by atoms with van der Waals surface area (Å²) in [6, 6.07) is 7.13. The molecule has 2 aromatic rings. The molecule has 2 atom stereocenters. The van der Waals surface area contributed by atoms with Gasteiger partial charge in [0.15, 0.2) is 0 Å². The summed E-state index contributed by atoms with van der Waals surface area (Å²) in [5.74, 6) is -5.28. The number of hydrogen-bond donors (Lipinski definition) is 0. The van der Waals surface area contributed by atoms with Crippen molar-refractivity contribution in [2.75, 3.05) is 0 Å². The molecule has 0 aromatic heterocycles. The molecule has 1 aliphatic carbocycles. The molecule has 1 saturated carbocycles. The fraction of sp³-hybridized carbons (Fsp3) is 0.318. The van der Waals surface area contributed by atoms with E-state index in [0.29, 0.717) is 0 Å². The smallest absolute Gasteiger partial charge is 0.426 e. The SMILES string of the molecule is CC1(C)[C@H](C(=O)OCc2c(F)ccc(-c3cccc(F)c3)c2F)[C@@H]1/C=C(\Cl)C(F)(F)F. The number of carbonyl (C=O) groups excluding carboxylic acids is 1. The van der Waals surface area contributed by atoms with Gasteiger partial charge in [0.05, 0.1) is 11.5 Å². The van der Waals surface area contributed by atoms with E-state index in [-0.39, 0.29) is 11.1 Å². The molecule has 0 heterocycles. The van der Waals surface area contributed by atoms with Gasteiger partial charge in [0.25, 0.3) is 0 Å². The van der Waals surface area contributed by atoms with Gasteiger partial charge in [-0.2, -0.15) is 13.2 Å². The van der Waals surface area contributed by atoms with Crippen molar-refractivity contribution in [3.05, 3.63) is 70.5 Å². The van der Waals surface area contributed by atoms with Gasteiger partial charge in [0.1, 0.15) is 29.1 Å². The fourth-order valence-corrected chi connectivity index (χ4v) is 3.67. The molecule has 0 spiro atoms. The van der Waals surface area contributed by atoms with Crippen molar-refractivity contribution in [1.82, 2.24) is 0 Å². The Hall–Kier alpha value is -2.48. The Bertz CT molecular complexity index is 1040. The predicted octanol–water partition coefficient (Wildman–Crippen LogP) is 6.77. The first kappa shape index (κ1) is 23.2. The molecule has 0 aliphatic heterocycles. The molecule has 3 rings (SSSR count). The molecule has 0 N–H and O–H groups in total. The Balaban J connectivity index is 1.77. The minimum absolute atomic E-state index is 0.0866. The molecule has 9 heteroatoms. The van der Waals surface area contributed by atoms with Gasteiger partial charge in [-0.25, -0.2) is 13.2 Å². The topological polar surface area (TPSA) is 26.3 Å². The molecule has 2 aromatic carbocycles. The van der Waals surface area contributed by atoms with Crippen LogP contribution in [0.25, 0.3) is 11.1 Å². The number of ether oxygens (including phenoxy) is 1. The molecule has 0 bridgehead atoms. The summed E-state index contributed by atoms with van der Waals surface area (Å²) in [4.78, 5) is 12.4. The van der Waals surface area contributed by atoms with Crippen LogP contribution < -0.4 is 0 Å². The van der Waals surface area contributed by atoms with Gasteiger partial charge in [0, 0.05) is 5.56 Å². The van der Waals surface area contributed by atoms with E-state index in [4.69, 9.17) is 16.3 Å². The second-order valence-corrected chi connectivity index (χ2v) is 8.25. The lowest BCUT2D eigenvalue weighted by Gasteiger charge is -2.11. The van der Waals surface area contributed by atoms with Crippen molar-refractivity contribution in [3.8, 4) is 11.1 Å². The maximum atomic E-state index is 14.8. The molecule has 0 saturated heterocycles. The zero-order chi connectivity index (χ0) is 23.1. The van der Waals surface area contributed by atoms with Crippen molar-refractivity contribution < 1.29 is 35.9 Å². The third-order valence-electron chi connectivity index (χ3n) is 5.44. The number of alkyl halides is 3. The summed E-state index contributed by atoms with van der Waals surface area (Å²) in [5, 5.41) is -1.35. The van der Waals surface area contributed by atoms with E-state index >= 15 is 0 Å². The quantitative estimate of drug-likeness (QED) is 0.362. The minimum atomic E-state index is -4.74. The molecule has 2 nitrogen and oxygen atoms in total. The number of hydrogen-bond acceptors (Lipinski definition) is 2. The minimum Gasteiger partial charge on any atom is -0.460 e. The van der Waals surface area contributed by atoms with Gasteiger partial charge >= 0.3 is 12.1 Å². The fourth-order valence-electron chi connectivity index (χ4n) is 3.53. The number of rotatable bonds is 5. The maximum absolute atomic E-state index is 14.8. The van der Waals surface area contributed by atoms with Gasteiger partial charge in [0.2, 0.25) is 0 Å². The van der Waals surface area contributed by atoms with Crippen molar-refractivity contribution in [2.24, 2.45) is 17.3 Å². The Morgan fingerprint density at radius 3 is 2.45 bits per heavy atom. The normalized spacial score (nSPS) is 20.5. The summed E-state index contributed by atoms with van der Waals surface area (Å²) in [7, 11) is 0. The van der Waals surface area contributed by atoms with E-state index in [1.807, 2.05) is 0 Å². The van der Waals surface area contributed by atoms with Crippen LogP contribution in [0.15, 0.2) is 47.5 Å². The number of allylic oxidation sites excluding steroid dienone is 2. The zero-order valence-corrected chi connectivity index (χ0v) is 17.1. The van der Waals surface area contributed by atoms with Crippen LogP contribution in [-0.4, -0.2) is 12.1 Å². The molecular formula is C22H17ClF6O2. The number of esters is 1. The zero-order valence-electron chi connectivity index (χ0n) is 16.4. The lowest BCUT2D eigenvalue weighted by atomic mass is 10.0. The molecule has 0 unspecified atom stereocenters. The monoisotopic (exact) mass is 462 g/mol. The average molecular weight is 463 g/mol. The third-order valence-corrected chi connectivity index (χ3v) is 5.78. The largest absolute Gasteiger partial charge is 0.460 e. The van der Waals surface area contributed by atoms with Gasteiger partial charge < -0.3 is 4.74 Å². The Morgan fingerprint density at radius 1 is 1.16 bits per heavy atom. The first-order valence-electron chi connectivity index (χ1n) is 9.18. The van der Waals surface area contributed by atoms with Crippen LogP contribution in [0.4, 0.5) is 26.3 Å². The van der Waals surface area contributed by atoms with Gasteiger partial charge in [-0.3, -0.25) is 4.79 Å². The highest BCUT2D eigenvalue weighted by atomic mass is 35.5. The van der Waals surface area contributed by atoms with Crippen LogP contribution in [-0.2, 0) is 16.1 Å². The number of benzene rings is 2. The van der Waals surface area contributed by atoms with Crippen LogP contribution >= 0.6 is 11.6 Å². The first-order chi connectivity index (χ1) is 14.3. The highest BCUT2D eigenvalue weighted by Crippen LogP contribution is 2.60.